The molecule has 0 unspecified atom stereocenters. The third-order valence-electron chi connectivity index (χ3n) is 4.67. The molecule has 26 heavy (non-hydrogen) atoms. The fraction of sp³-hybridized carbons (Fsp3) is 0.333. The van der Waals surface area contributed by atoms with Gasteiger partial charge in [0.25, 0.3) is 5.91 Å². The lowest BCUT2D eigenvalue weighted by Gasteiger charge is -2.22. The standard InChI is InChI=1S/C21H23ClN2O2/c1-16-4-2-5-18(14-16)21(26)24-11-3-10-23(12-13-24)20(25)15-17-6-8-19(22)9-7-17/h2,4-9,14H,3,10-13,15H2,1H3. The normalized spacial score (nSPS) is 14.8. The van der Waals surface area contributed by atoms with E-state index in [2.05, 4.69) is 0 Å². The highest BCUT2D eigenvalue weighted by Gasteiger charge is 2.22. The number of amides is 2. The van der Waals surface area contributed by atoms with Gasteiger partial charge in [-0.2, -0.15) is 0 Å². The Labute approximate surface area is 159 Å². The number of carbonyl (C=O) groups is 2. The van der Waals surface area contributed by atoms with Crippen molar-refractivity contribution in [3.63, 3.8) is 0 Å². The van der Waals surface area contributed by atoms with Gasteiger partial charge in [-0.1, -0.05) is 41.4 Å². The molecule has 1 heterocycles. The van der Waals surface area contributed by atoms with Crippen LogP contribution in [-0.2, 0) is 11.2 Å². The lowest BCUT2D eigenvalue weighted by molar-refractivity contribution is -0.130. The van der Waals surface area contributed by atoms with E-state index in [0.717, 1.165) is 17.5 Å². The van der Waals surface area contributed by atoms with E-state index < -0.39 is 0 Å². The predicted octanol–water partition coefficient (Wildman–Crippen LogP) is 3.57. The van der Waals surface area contributed by atoms with Crippen molar-refractivity contribution in [1.29, 1.82) is 0 Å². The number of halogens is 1. The third-order valence-corrected chi connectivity index (χ3v) is 4.92. The summed E-state index contributed by atoms with van der Waals surface area (Å²) in [5.41, 5.74) is 2.74. The maximum atomic E-state index is 12.7. The molecule has 0 aliphatic carbocycles. The molecule has 0 radical (unpaired) electrons. The van der Waals surface area contributed by atoms with Gasteiger partial charge in [-0.3, -0.25) is 9.59 Å². The lowest BCUT2D eigenvalue weighted by Crippen LogP contribution is -2.38. The maximum absolute atomic E-state index is 12.7. The van der Waals surface area contributed by atoms with Crippen LogP contribution in [0.15, 0.2) is 48.5 Å². The first-order valence-electron chi connectivity index (χ1n) is 8.91. The van der Waals surface area contributed by atoms with Gasteiger partial charge >= 0.3 is 0 Å². The molecule has 1 saturated heterocycles. The van der Waals surface area contributed by atoms with Crippen molar-refractivity contribution in [2.75, 3.05) is 26.2 Å². The van der Waals surface area contributed by atoms with Gasteiger partial charge in [-0.15, -0.1) is 0 Å². The molecule has 136 valence electrons. The highest BCUT2D eigenvalue weighted by atomic mass is 35.5. The van der Waals surface area contributed by atoms with Crippen molar-refractivity contribution >= 4 is 23.4 Å². The molecule has 0 aromatic heterocycles. The summed E-state index contributed by atoms with van der Waals surface area (Å²) in [6, 6.07) is 15.0. The number of hydrogen-bond acceptors (Lipinski definition) is 2. The first-order valence-corrected chi connectivity index (χ1v) is 9.29. The van der Waals surface area contributed by atoms with Crippen molar-refractivity contribution in [2.24, 2.45) is 0 Å². The molecule has 2 aromatic carbocycles. The van der Waals surface area contributed by atoms with Gasteiger partial charge in [-0.05, 0) is 43.2 Å². The maximum Gasteiger partial charge on any atom is 0.253 e. The monoisotopic (exact) mass is 370 g/mol. The van der Waals surface area contributed by atoms with E-state index in [-0.39, 0.29) is 11.8 Å². The summed E-state index contributed by atoms with van der Waals surface area (Å²) in [6.45, 7) is 4.49. The molecule has 3 rings (SSSR count). The van der Waals surface area contributed by atoms with Crippen LogP contribution in [0.2, 0.25) is 5.02 Å². The van der Waals surface area contributed by atoms with Crippen molar-refractivity contribution in [2.45, 2.75) is 19.8 Å². The Balaban J connectivity index is 1.59. The molecule has 1 aliphatic heterocycles. The van der Waals surface area contributed by atoms with Crippen LogP contribution in [0.25, 0.3) is 0 Å². The highest BCUT2D eigenvalue weighted by molar-refractivity contribution is 6.30. The average Bonchev–Trinajstić information content (AvgIpc) is 2.89. The van der Waals surface area contributed by atoms with Crippen molar-refractivity contribution < 1.29 is 9.59 Å². The SMILES string of the molecule is Cc1cccc(C(=O)N2CCCN(C(=O)Cc3ccc(Cl)cc3)CC2)c1. The van der Waals surface area contributed by atoms with E-state index in [1.807, 2.05) is 53.1 Å². The van der Waals surface area contributed by atoms with Crippen molar-refractivity contribution in [3.05, 3.63) is 70.2 Å². The average molecular weight is 371 g/mol. The van der Waals surface area contributed by atoms with Gasteiger partial charge in [0.05, 0.1) is 6.42 Å². The molecule has 0 bridgehead atoms. The summed E-state index contributed by atoms with van der Waals surface area (Å²) in [7, 11) is 0. The minimum atomic E-state index is 0.0423. The molecule has 4 nitrogen and oxygen atoms in total. The highest BCUT2D eigenvalue weighted by Crippen LogP contribution is 2.14. The number of benzene rings is 2. The Morgan fingerprint density at radius 1 is 0.962 bits per heavy atom. The quantitative estimate of drug-likeness (QED) is 0.828. The number of rotatable bonds is 3. The van der Waals surface area contributed by atoms with Crippen LogP contribution < -0.4 is 0 Å². The third kappa shape index (κ3) is 4.64. The Kier molecular flexibility index (Phi) is 5.94. The van der Waals surface area contributed by atoms with Crippen LogP contribution in [0, 0.1) is 6.92 Å². The molecule has 2 amide bonds. The van der Waals surface area contributed by atoms with Gasteiger partial charge in [0.2, 0.25) is 5.91 Å². The Morgan fingerprint density at radius 2 is 1.65 bits per heavy atom. The summed E-state index contributed by atoms with van der Waals surface area (Å²) >= 11 is 5.89. The molecule has 0 atom stereocenters. The number of aryl methyl sites for hydroxylation is 1. The number of hydrogen-bond donors (Lipinski definition) is 0. The number of carbonyl (C=O) groups excluding carboxylic acids is 2. The van der Waals surface area contributed by atoms with Crippen LogP contribution in [0.3, 0.4) is 0 Å². The van der Waals surface area contributed by atoms with Gasteiger partial charge in [0.15, 0.2) is 0 Å². The minimum absolute atomic E-state index is 0.0423. The Bertz CT molecular complexity index is 789. The van der Waals surface area contributed by atoms with Crippen LogP contribution in [0.1, 0.15) is 27.9 Å². The molecule has 5 heteroatoms. The zero-order valence-electron chi connectivity index (χ0n) is 15.0. The molecule has 0 saturated carbocycles. The van der Waals surface area contributed by atoms with Crippen LogP contribution in [0.5, 0.6) is 0 Å². The largest absolute Gasteiger partial charge is 0.341 e. The van der Waals surface area contributed by atoms with Crippen LogP contribution >= 0.6 is 11.6 Å². The van der Waals surface area contributed by atoms with Crippen LogP contribution in [0.4, 0.5) is 0 Å². The second kappa shape index (κ2) is 8.37. The Hall–Kier alpha value is -2.33. The van der Waals surface area contributed by atoms with E-state index >= 15 is 0 Å². The Morgan fingerprint density at radius 3 is 2.38 bits per heavy atom. The summed E-state index contributed by atoms with van der Waals surface area (Å²) in [5, 5.41) is 0.668. The van der Waals surface area contributed by atoms with Crippen LogP contribution in [-0.4, -0.2) is 47.8 Å². The first-order chi connectivity index (χ1) is 12.5. The summed E-state index contributed by atoms with van der Waals surface area (Å²) < 4.78 is 0. The number of nitrogens with zero attached hydrogens (tertiary/aromatic N) is 2. The molecule has 2 aromatic rings. The molecular weight excluding hydrogens is 348 g/mol. The second-order valence-electron chi connectivity index (χ2n) is 6.70. The first kappa shape index (κ1) is 18.5. The van der Waals surface area contributed by atoms with E-state index in [4.69, 9.17) is 11.6 Å². The summed E-state index contributed by atoms with van der Waals surface area (Å²) in [5.74, 6) is 0.137. The van der Waals surface area contributed by atoms with E-state index in [1.54, 1.807) is 12.1 Å². The van der Waals surface area contributed by atoms with E-state index in [9.17, 15) is 9.59 Å². The molecule has 0 spiro atoms. The molecular formula is C21H23ClN2O2. The van der Waals surface area contributed by atoms with Gasteiger partial charge in [-0.25, -0.2) is 0 Å². The molecule has 1 aliphatic rings. The fourth-order valence-corrected chi connectivity index (χ4v) is 3.35. The van der Waals surface area contributed by atoms with Crippen molar-refractivity contribution in [3.8, 4) is 0 Å². The smallest absolute Gasteiger partial charge is 0.253 e. The second-order valence-corrected chi connectivity index (χ2v) is 7.14. The predicted molar refractivity (Wildman–Crippen MR) is 103 cm³/mol. The molecule has 0 N–H and O–H groups in total. The van der Waals surface area contributed by atoms with E-state index in [0.29, 0.717) is 43.2 Å². The van der Waals surface area contributed by atoms with Crippen molar-refractivity contribution in [1.82, 2.24) is 9.80 Å². The van der Waals surface area contributed by atoms with E-state index in [1.165, 1.54) is 0 Å². The minimum Gasteiger partial charge on any atom is -0.341 e. The summed E-state index contributed by atoms with van der Waals surface area (Å²) in [4.78, 5) is 29.0. The fourth-order valence-electron chi connectivity index (χ4n) is 3.22. The lowest BCUT2D eigenvalue weighted by atomic mass is 10.1. The summed E-state index contributed by atoms with van der Waals surface area (Å²) in [6.07, 6.45) is 1.16. The molecule has 1 fully saturated rings. The van der Waals surface area contributed by atoms with Gasteiger partial charge in [0, 0.05) is 36.8 Å². The van der Waals surface area contributed by atoms with Gasteiger partial charge < -0.3 is 9.80 Å². The zero-order chi connectivity index (χ0) is 18.5. The topological polar surface area (TPSA) is 40.6 Å². The van der Waals surface area contributed by atoms with Gasteiger partial charge in [0.1, 0.15) is 0 Å². The zero-order valence-corrected chi connectivity index (χ0v) is 15.7.